The summed E-state index contributed by atoms with van der Waals surface area (Å²) in [7, 11) is 3.84. The van der Waals surface area contributed by atoms with E-state index in [1.165, 1.54) is 21.3 Å². The van der Waals surface area contributed by atoms with E-state index in [1.807, 2.05) is 0 Å². The molecule has 0 aromatic carbocycles. The van der Waals surface area contributed by atoms with Crippen molar-refractivity contribution in [2.24, 2.45) is 0 Å². The predicted octanol–water partition coefficient (Wildman–Crippen LogP) is -1.26. The Labute approximate surface area is 92.9 Å². The summed E-state index contributed by atoms with van der Waals surface area (Å²) in [5.74, 6) is 0. The third-order valence-electron chi connectivity index (χ3n) is 2.27. The van der Waals surface area contributed by atoms with Crippen LogP contribution < -0.4 is 0 Å². The van der Waals surface area contributed by atoms with Crippen molar-refractivity contribution in [2.75, 3.05) is 27.9 Å². The molecule has 0 saturated carbocycles. The maximum Gasteiger partial charge on any atom is 0.186 e. The lowest BCUT2D eigenvalue weighted by atomic mass is 9.99. The van der Waals surface area contributed by atoms with Gasteiger partial charge in [-0.1, -0.05) is 0 Å². The van der Waals surface area contributed by atoms with Crippen LogP contribution in [0.25, 0.3) is 0 Å². The van der Waals surface area contributed by atoms with Gasteiger partial charge >= 0.3 is 0 Å². The minimum absolute atomic E-state index is 0.930. The Balaban J connectivity index is 3.11. The zero-order valence-corrected chi connectivity index (χ0v) is 8.84. The Morgan fingerprint density at radius 2 is 1.87 bits per heavy atom. The fourth-order valence-corrected chi connectivity index (χ4v) is 1.52. The fourth-order valence-electron chi connectivity index (χ4n) is 1.52. The first-order valence-electron chi connectivity index (χ1n) is 5.88. The number of hydrogen-bond donors (Lipinski definition) is 2. The molecule has 2 N–H and O–H groups in total. The molecule has 1 heterocycles. The smallest absolute Gasteiger partial charge is 0.186 e. The Hall–Kier alpha value is -0.240. The Morgan fingerprint density at radius 1 is 1.27 bits per heavy atom. The van der Waals surface area contributed by atoms with Gasteiger partial charge in [0.25, 0.3) is 0 Å². The minimum atomic E-state index is -2.93. The molecular weight excluding hydrogens is 204 g/mol. The molecule has 0 radical (unpaired) electrons. The third-order valence-corrected chi connectivity index (χ3v) is 2.27. The lowest BCUT2D eigenvalue weighted by Crippen LogP contribution is -2.60. The Bertz CT molecular complexity index is 282. The Kier molecular flexibility index (Phi) is 3.39. The minimum Gasteiger partial charge on any atom is -0.394 e. The van der Waals surface area contributed by atoms with E-state index in [0.29, 0.717) is 0 Å². The normalized spacial score (nSPS) is 50.6. The molecule has 6 heteroatoms. The van der Waals surface area contributed by atoms with Gasteiger partial charge in [-0.25, -0.2) is 0 Å². The summed E-state index contributed by atoms with van der Waals surface area (Å²) in [6, 6.07) is 0. The quantitative estimate of drug-likeness (QED) is 0.622. The molecule has 15 heavy (non-hydrogen) atoms. The van der Waals surface area contributed by atoms with Crippen LogP contribution in [-0.2, 0) is 18.9 Å². The van der Waals surface area contributed by atoms with Crippen LogP contribution in [0.4, 0.5) is 0 Å². The molecule has 90 valence electrons. The van der Waals surface area contributed by atoms with Crippen LogP contribution in [0.15, 0.2) is 0 Å². The lowest BCUT2D eigenvalue weighted by Gasteiger charge is -2.42. The molecule has 1 fully saturated rings. The average Bonchev–Trinajstić information content (AvgIpc) is 2.25. The van der Waals surface area contributed by atoms with Crippen LogP contribution in [0.3, 0.4) is 0 Å². The molecule has 1 saturated heterocycles. The standard InChI is InChI=1S/C9H18O6/c1-12-7-6(11)5(4-10)15-9(14-3)8(7)13-2/h5-11H,4H2,1-3H3/t5-,6-,7+,8-,9+/m1/s1/i4D2,6D. The van der Waals surface area contributed by atoms with Gasteiger partial charge in [0.15, 0.2) is 6.29 Å². The van der Waals surface area contributed by atoms with Gasteiger partial charge in [0.1, 0.15) is 24.4 Å². The van der Waals surface area contributed by atoms with Crippen LogP contribution in [0, 0.1) is 0 Å². The van der Waals surface area contributed by atoms with Gasteiger partial charge in [-0.2, -0.15) is 0 Å². The molecule has 0 amide bonds. The Morgan fingerprint density at radius 3 is 2.27 bits per heavy atom. The zero-order chi connectivity index (χ0) is 14.1. The summed E-state index contributed by atoms with van der Waals surface area (Å²) in [6.45, 7) is -2.93. The van der Waals surface area contributed by atoms with E-state index in [1.54, 1.807) is 0 Å². The van der Waals surface area contributed by atoms with E-state index >= 15 is 0 Å². The number of ether oxygens (including phenoxy) is 4. The third kappa shape index (κ3) is 2.47. The largest absolute Gasteiger partial charge is 0.394 e. The number of rotatable bonds is 4. The molecule has 0 unspecified atom stereocenters. The van der Waals surface area contributed by atoms with E-state index < -0.39 is 37.2 Å². The SMILES string of the molecule is [2H]C([2H])(O)[C@H]1O[C@H](OC)[C@H](OC)[C@@H](OC)[C@]1([2H])O. The second-order valence-electron chi connectivity index (χ2n) is 3.03. The first-order chi connectivity index (χ1) is 8.20. The molecule has 0 bridgehead atoms. The number of hydrogen-bond acceptors (Lipinski definition) is 6. The van der Waals surface area contributed by atoms with Crippen LogP contribution in [0.5, 0.6) is 0 Å². The highest BCUT2D eigenvalue weighted by Gasteiger charge is 2.45. The molecule has 5 atom stereocenters. The highest BCUT2D eigenvalue weighted by Crippen LogP contribution is 2.25. The summed E-state index contributed by atoms with van der Waals surface area (Å²) in [6.07, 6.45) is -7.62. The van der Waals surface area contributed by atoms with Crippen molar-refractivity contribution < 1.29 is 33.3 Å². The summed E-state index contributed by atoms with van der Waals surface area (Å²) in [5, 5.41) is 19.4. The second-order valence-corrected chi connectivity index (χ2v) is 3.03. The molecule has 1 aliphatic heterocycles. The van der Waals surface area contributed by atoms with Crippen molar-refractivity contribution in [3.8, 4) is 0 Å². The maximum atomic E-state index is 10.0. The summed E-state index contributed by atoms with van der Waals surface area (Å²) < 4.78 is 42.2. The van der Waals surface area contributed by atoms with Crippen molar-refractivity contribution in [1.82, 2.24) is 0 Å². The van der Waals surface area contributed by atoms with Crippen LogP contribution in [0.2, 0.25) is 0 Å². The van der Waals surface area contributed by atoms with E-state index in [2.05, 4.69) is 0 Å². The number of methoxy groups -OCH3 is 3. The molecule has 0 aliphatic carbocycles. The van der Waals surface area contributed by atoms with Crippen LogP contribution in [0.1, 0.15) is 4.11 Å². The van der Waals surface area contributed by atoms with Crippen molar-refractivity contribution in [1.29, 1.82) is 0 Å². The summed E-state index contributed by atoms with van der Waals surface area (Å²) in [4.78, 5) is 0. The second kappa shape index (κ2) is 5.74. The predicted molar refractivity (Wildman–Crippen MR) is 50.4 cm³/mol. The van der Waals surface area contributed by atoms with Gasteiger partial charge in [0, 0.05) is 21.3 Å². The first-order valence-corrected chi connectivity index (χ1v) is 4.38. The van der Waals surface area contributed by atoms with Gasteiger partial charge in [-0.15, -0.1) is 0 Å². The zero-order valence-electron chi connectivity index (χ0n) is 11.8. The van der Waals surface area contributed by atoms with Gasteiger partial charge in [-0.3, -0.25) is 0 Å². The molecule has 0 aromatic rings. The topological polar surface area (TPSA) is 77.4 Å². The summed E-state index contributed by atoms with van der Waals surface area (Å²) >= 11 is 0. The molecule has 0 aromatic heterocycles. The molecule has 0 spiro atoms. The van der Waals surface area contributed by atoms with Crippen molar-refractivity contribution in [2.45, 2.75) is 30.7 Å². The first kappa shape index (κ1) is 8.86. The number of aliphatic hydroxyl groups is 2. The van der Waals surface area contributed by atoms with Crippen molar-refractivity contribution in [3.63, 3.8) is 0 Å². The van der Waals surface area contributed by atoms with Crippen molar-refractivity contribution >= 4 is 0 Å². The highest BCUT2D eigenvalue weighted by molar-refractivity contribution is 4.90. The van der Waals surface area contributed by atoms with Crippen LogP contribution >= 0.6 is 0 Å². The van der Waals surface area contributed by atoms with E-state index in [4.69, 9.17) is 23.1 Å². The average molecular weight is 225 g/mol. The maximum absolute atomic E-state index is 10.0. The van der Waals surface area contributed by atoms with E-state index in [0.717, 1.165) is 0 Å². The van der Waals surface area contributed by atoms with Gasteiger partial charge in [0.05, 0.1) is 10.7 Å². The monoisotopic (exact) mass is 225 g/mol. The molecule has 1 rings (SSSR count). The molecule has 6 nitrogen and oxygen atoms in total. The van der Waals surface area contributed by atoms with Crippen molar-refractivity contribution in [3.05, 3.63) is 0 Å². The van der Waals surface area contributed by atoms with Gasteiger partial charge < -0.3 is 29.2 Å². The fraction of sp³-hybridized carbons (Fsp3) is 1.00. The molecular formula is C9H18O6. The summed E-state index contributed by atoms with van der Waals surface area (Å²) in [5.41, 5.74) is 0. The van der Waals surface area contributed by atoms with Crippen LogP contribution in [-0.4, -0.2) is 68.8 Å². The highest BCUT2D eigenvalue weighted by atomic mass is 16.7. The molecule has 1 aliphatic rings. The van der Waals surface area contributed by atoms with E-state index in [-0.39, 0.29) is 0 Å². The van der Waals surface area contributed by atoms with Gasteiger partial charge in [0.2, 0.25) is 0 Å². The van der Waals surface area contributed by atoms with Gasteiger partial charge in [-0.05, 0) is 0 Å². The van der Waals surface area contributed by atoms with E-state index in [9.17, 15) is 10.2 Å². The lowest BCUT2D eigenvalue weighted by molar-refractivity contribution is -0.303.